The van der Waals surface area contributed by atoms with Gasteiger partial charge in [-0.2, -0.15) is 0 Å². The Morgan fingerprint density at radius 2 is 1.73 bits per heavy atom. The molecule has 1 unspecified atom stereocenters. The van der Waals surface area contributed by atoms with Crippen LogP contribution in [0.15, 0.2) is 59.6 Å². The van der Waals surface area contributed by atoms with Crippen LogP contribution < -0.4 is 15.0 Å². The average molecular weight is 450 g/mol. The number of carbonyl (C=O) groups excluding carboxylic acids is 1. The number of aliphatic imine (C=N–C) groups is 1. The Labute approximate surface area is 197 Å². The van der Waals surface area contributed by atoms with Crippen molar-refractivity contribution in [1.82, 2.24) is 15.1 Å². The van der Waals surface area contributed by atoms with Gasteiger partial charge in [-0.3, -0.25) is 9.79 Å². The number of nitrogens with one attached hydrogen (secondary N) is 1. The number of benzene rings is 2. The van der Waals surface area contributed by atoms with Gasteiger partial charge in [0.15, 0.2) is 5.96 Å². The second-order valence-electron chi connectivity index (χ2n) is 8.63. The number of piperazine rings is 1. The first-order chi connectivity index (χ1) is 16.2. The molecule has 2 heterocycles. The molecule has 1 atom stereocenters. The Kier molecular flexibility index (Phi) is 7.70. The number of amides is 1. The number of carbonyl (C=O) groups is 1. The Balaban J connectivity index is 1.20. The van der Waals surface area contributed by atoms with Gasteiger partial charge in [0, 0.05) is 70.9 Å². The summed E-state index contributed by atoms with van der Waals surface area (Å²) < 4.78 is 5.27. The van der Waals surface area contributed by atoms with Gasteiger partial charge in [-0.15, -0.1) is 0 Å². The molecule has 4 rings (SSSR count). The number of nitrogens with zero attached hydrogens (tertiary/aromatic N) is 4. The highest BCUT2D eigenvalue weighted by atomic mass is 16.5. The zero-order valence-corrected chi connectivity index (χ0v) is 19.7. The number of hydrogen-bond acceptors (Lipinski definition) is 4. The van der Waals surface area contributed by atoms with Crippen LogP contribution in [0.3, 0.4) is 0 Å². The summed E-state index contributed by atoms with van der Waals surface area (Å²) >= 11 is 0. The van der Waals surface area contributed by atoms with E-state index in [-0.39, 0.29) is 5.91 Å². The van der Waals surface area contributed by atoms with Crippen LogP contribution in [0.1, 0.15) is 24.3 Å². The fourth-order valence-corrected chi connectivity index (χ4v) is 4.73. The molecule has 0 spiro atoms. The van der Waals surface area contributed by atoms with Crippen molar-refractivity contribution in [2.45, 2.75) is 18.8 Å². The number of hydrogen-bond donors (Lipinski definition) is 1. The van der Waals surface area contributed by atoms with Gasteiger partial charge in [0.25, 0.3) is 0 Å². The zero-order chi connectivity index (χ0) is 23.0. The summed E-state index contributed by atoms with van der Waals surface area (Å²) in [7, 11) is 3.50. The molecule has 0 saturated carbocycles. The molecule has 1 N–H and O–H groups in total. The molecule has 2 aliphatic rings. The number of ether oxygens (including phenoxy) is 1. The Hall–Kier alpha value is -3.22. The lowest BCUT2D eigenvalue weighted by Crippen LogP contribution is -2.49. The van der Waals surface area contributed by atoms with E-state index in [9.17, 15) is 4.79 Å². The number of rotatable bonds is 6. The Bertz CT molecular complexity index is 923. The van der Waals surface area contributed by atoms with Crippen LogP contribution >= 0.6 is 0 Å². The van der Waals surface area contributed by atoms with Crippen molar-refractivity contribution >= 4 is 17.6 Å². The molecule has 0 bridgehead atoms. The minimum Gasteiger partial charge on any atom is -0.497 e. The van der Waals surface area contributed by atoms with Crippen molar-refractivity contribution in [2.24, 2.45) is 4.99 Å². The van der Waals surface area contributed by atoms with E-state index < -0.39 is 0 Å². The average Bonchev–Trinajstić information content (AvgIpc) is 3.37. The molecule has 0 aromatic heterocycles. The largest absolute Gasteiger partial charge is 0.497 e. The first kappa shape index (κ1) is 23.0. The number of anilines is 1. The van der Waals surface area contributed by atoms with Gasteiger partial charge >= 0.3 is 0 Å². The van der Waals surface area contributed by atoms with Crippen molar-refractivity contribution in [3.05, 3.63) is 60.2 Å². The lowest BCUT2D eigenvalue weighted by atomic mass is 9.98. The summed E-state index contributed by atoms with van der Waals surface area (Å²) in [6, 6.07) is 18.8. The van der Waals surface area contributed by atoms with Crippen LogP contribution in [-0.2, 0) is 4.79 Å². The van der Waals surface area contributed by atoms with E-state index in [0.717, 1.165) is 57.4 Å². The van der Waals surface area contributed by atoms with Crippen molar-refractivity contribution in [2.75, 3.05) is 64.9 Å². The fraction of sp³-hybridized carbons (Fsp3) is 0.462. The normalized spacial score (nSPS) is 19.0. The SMILES string of the molecule is CN=C(NCCC(=O)N1CCN(c2ccccc2)CC1)N1CCC(c2ccc(OC)cc2)C1. The van der Waals surface area contributed by atoms with Gasteiger partial charge in [0.2, 0.25) is 5.91 Å². The van der Waals surface area contributed by atoms with Crippen molar-refractivity contribution in [3.8, 4) is 5.75 Å². The van der Waals surface area contributed by atoms with Crippen LogP contribution in [0.2, 0.25) is 0 Å². The van der Waals surface area contributed by atoms with E-state index in [1.165, 1.54) is 11.3 Å². The predicted octanol–water partition coefficient (Wildman–Crippen LogP) is 2.80. The minimum atomic E-state index is 0.211. The van der Waals surface area contributed by atoms with Gasteiger partial charge in [-0.25, -0.2) is 0 Å². The van der Waals surface area contributed by atoms with E-state index in [4.69, 9.17) is 4.74 Å². The van der Waals surface area contributed by atoms with Gasteiger partial charge in [-0.1, -0.05) is 30.3 Å². The fourth-order valence-electron chi connectivity index (χ4n) is 4.73. The van der Waals surface area contributed by atoms with Crippen LogP contribution in [0, 0.1) is 0 Å². The maximum Gasteiger partial charge on any atom is 0.224 e. The summed E-state index contributed by atoms with van der Waals surface area (Å²) in [6.07, 6.45) is 1.58. The molecular formula is C26H35N5O2. The molecule has 0 radical (unpaired) electrons. The molecule has 2 aromatic rings. The van der Waals surface area contributed by atoms with E-state index >= 15 is 0 Å². The summed E-state index contributed by atoms with van der Waals surface area (Å²) in [6.45, 7) is 5.81. The maximum atomic E-state index is 12.7. The quantitative estimate of drug-likeness (QED) is 0.543. The predicted molar refractivity (Wildman–Crippen MR) is 133 cm³/mol. The third kappa shape index (κ3) is 5.78. The number of likely N-dealkylation sites (tertiary alicyclic amines) is 1. The summed E-state index contributed by atoms with van der Waals surface area (Å²) in [5.74, 6) is 2.46. The molecule has 7 nitrogen and oxygen atoms in total. The molecule has 1 amide bonds. The van der Waals surface area contributed by atoms with E-state index in [2.05, 4.69) is 56.5 Å². The highest BCUT2D eigenvalue weighted by Crippen LogP contribution is 2.28. The first-order valence-corrected chi connectivity index (χ1v) is 11.8. The minimum absolute atomic E-state index is 0.211. The van der Waals surface area contributed by atoms with Crippen LogP contribution in [0.25, 0.3) is 0 Å². The molecule has 2 saturated heterocycles. The Morgan fingerprint density at radius 1 is 1.00 bits per heavy atom. The summed E-state index contributed by atoms with van der Waals surface area (Å²) in [5, 5.41) is 3.40. The number of methoxy groups -OCH3 is 1. The summed E-state index contributed by atoms with van der Waals surface area (Å²) in [4.78, 5) is 23.8. The third-order valence-corrected chi connectivity index (χ3v) is 6.66. The first-order valence-electron chi connectivity index (χ1n) is 11.8. The monoisotopic (exact) mass is 449 g/mol. The van der Waals surface area contributed by atoms with E-state index in [0.29, 0.717) is 18.9 Å². The third-order valence-electron chi connectivity index (χ3n) is 6.66. The van der Waals surface area contributed by atoms with Gasteiger partial charge < -0.3 is 24.8 Å². The lowest BCUT2D eigenvalue weighted by Gasteiger charge is -2.36. The van der Waals surface area contributed by atoms with Crippen LogP contribution in [0.5, 0.6) is 5.75 Å². The van der Waals surface area contributed by atoms with Crippen LogP contribution in [0.4, 0.5) is 5.69 Å². The number of para-hydroxylation sites is 1. The molecule has 7 heteroatoms. The Morgan fingerprint density at radius 3 is 2.39 bits per heavy atom. The highest BCUT2D eigenvalue weighted by molar-refractivity contribution is 5.82. The molecule has 2 aliphatic heterocycles. The van der Waals surface area contributed by atoms with Crippen LogP contribution in [-0.4, -0.2) is 81.6 Å². The van der Waals surface area contributed by atoms with E-state index in [1.807, 2.05) is 30.1 Å². The van der Waals surface area contributed by atoms with Crippen molar-refractivity contribution in [1.29, 1.82) is 0 Å². The topological polar surface area (TPSA) is 60.4 Å². The van der Waals surface area contributed by atoms with Crippen molar-refractivity contribution < 1.29 is 9.53 Å². The molecule has 33 heavy (non-hydrogen) atoms. The smallest absolute Gasteiger partial charge is 0.224 e. The second kappa shape index (κ2) is 11.1. The maximum absolute atomic E-state index is 12.7. The summed E-state index contributed by atoms with van der Waals surface area (Å²) in [5.41, 5.74) is 2.56. The zero-order valence-electron chi connectivity index (χ0n) is 19.7. The molecule has 176 valence electrons. The molecule has 0 aliphatic carbocycles. The van der Waals surface area contributed by atoms with Crippen molar-refractivity contribution in [3.63, 3.8) is 0 Å². The standard InChI is InChI=1S/C26H35N5O2/c1-27-26(31-15-13-22(20-31)21-8-10-24(33-2)11-9-21)28-14-12-25(32)30-18-16-29(17-19-30)23-6-4-3-5-7-23/h3-11,22H,12-20H2,1-2H3,(H,27,28). The molecule has 2 fully saturated rings. The van der Waals surface area contributed by atoms with Gasteiger partial charge in [-0.05, 0) is 36.2 Å². The highest BCUT2D eigenvalue weighted by Gasteiger charge is 2.26. The van der Waals surface area contributed by atoms with Gasteiger partial charge in [0.05, 0.1) is 7.11 Å². The molecule has 2 aromatic carbocycles. The second-order valence-corrected chi connectivity index (χ2v) is 8.63. The number of guanidine groups is 1. The molecular weight excluding hydrogens is 414 g/mol. The van der Waals surface area contributed by atoms with E-state index in [1.54, 1.807) is 7.11 Å². The lowest BCUT2D eigenvalue weighted by molar-refractivity contribution is -0.131. The van der Waals surface area contributed by atoms with Gasteiger partial charge in [0.1, 0.15) is 5.75 Å².